The van der Waals surface area contributed by atoms with E-state index in [0.717, 1.165) is 20.9 Å². The third-order valence-electron chi connectivity index (χ3n) is 2.56. The number of aliphatic hydroxyl groups is 2. The first kappa shape index (κ1) is 13.1. The number of aryl methyl sites for hydroxylation is 1. The fraction of sp³-hybridized carbons (Fsp3) is 0.417. The largest absolute Gasteiger partial charge is 0.495 e. The lowest BCUT2D eigenvalue weighted by atomic mass is 10.2. The van der Waals surface area contributed by atoms with E-state index in [2.05, 4.69) is 10.3 Å². The van der Waals surface area contributed by atoms with Crippen LogP contribution in [0.25, 0.3) is 10.2 Å². The van der Waals surface area contributed by atoms with Gasteiger partial charge in [0.1, 0.15) is 5.75 Å². The van der Waals surface area contributed by atoms with Gasteiger partial charge in [0.25, 0.3) is 0 Å². The molecule has 5 nitrogen and oxygen atoms in total. The SMILES string of the molecule is COc1cc2nc(C)sc2cc1NCC(O)CO. The fourth-order valence-corrected chi connectivity index (χ4v) is 2.52. The molecule has 98 valence electrons. The molecule has 1 aromatic heterocycles. The van der Waals surface area contributed by atoms with E-state index < -0.39 is 6.10 Å². The number of nitrogens with zero attached hydrogens (tertiary/aromatic N) is 1. The van der Waals surface area contributed by atoms with Crippen LogP contribution in [0.4, 0.5) is 5.69 Å². The molecule has 1 aromatic carbocycles. The van der Waals surface area contributed by atoms with Crippen molar-refractivity contribution in [3.63, 3.8) is 0 Å². The standard InChI is InChI=1S/C12H16N2O3S/c1-7-14-10-3-11(17-2)9(4-12(10)18-7)13-5-8(16)6-15/h3-4,8,13,15-16H,5-6H2,1-2H3. The summed E-state index contributed by atoms with van der Waals surface area (Å²) in [6.45, 7) is 1.97. The molecule has 0 bridgehead atoms. The van der Waals surface area contributed by atoms with Gasteiger partial charge in [-0.2, -0.15) is 0 Å². The summed E-state index contributed by atoms with van der Waals surface area (Å²) < 4.78 is 6.35. The number of benzene rings is 1. The zero-order valence-corrected chi connectivity index (χ0v) is 11.1. The van der Waals surface area contributed by atoms with Crippen molar-refractivity contribution in [2.45, 2.75) is 13.0 Å². The van der Waals surface area contributed by atoms with Crippen molar-refractivity contribution in [1.82, 2.24) is 4.98 Å². The zero-order valence-electron chi connectivity index (χ0n) is 10.3. The summed E-state index contributed by atoms with van der Waals surface area (Å²) in [6, 6.07) is 3.81. The number of methoxy groups -OCH3 is 1. The molecule has 0 spiro atoms. The molecule has 18 heavy (non-hydrogen) atoms. The monoisotopic (exact) mass is 268 g/mol. The Morgan fingerprint density at radius 2 is 2.28 bits per heavy atom. The van der Waals surface area contributed by atoms with Gasteiger partial charge in [-0.1, -0.05) is 0 Å². The molecule has 0 aliphatic rings. The lowest BCUT2D eigenvalue weighted by Gasteiger charge is -2.13. The van der Waals surface area contributed by atoms with Gasteiger partial charge in [-0.25, -0.2) is 4.98 Å². The van der Waals surface area contributed by atoms with E-state index in [4.69, 9.17) is 9.84 Å². The number of rotatable bonds is 5. The number of fused-ring (bicyclic) bond motifs is 1. The second-order valence-corrected chi connectivity index (χ2v) is 5.21. The van der Waals surface area contributed by atoms with Crippen LogP contribution in [-0.4, -0.2) is 41.6 Å². The van der Waals surface area contributed by atoms with Gasteiger partial charge in [0.05, 0.1) is 40.7 Å². The molecule has 3 N–H and O–H groups in total. The average molecular weight is 268 g/mol. The molecular weight excluding hydrogens is 252 g/mol. The van der Waals surface area contributed by atoms with E-state index >= 15 is 0 Å². The Kier molecular flexibility index (Phi) is 4.00. The number of hydrogen-bond acceptors (Lipinski definition) is 6. The summed E-state index contributed by atoms with van der Waals surface area (Å²) in [5.41, 5.74) is 1.70. The number of ether oxygens (including phenoxy) is 1. The van der Waals surface area contributed by atoms with Crippen molar-refractivity contribution >= 4 is 27.2 Å². The van der Waals surface area contributed by atoms with Crippen LogP contribution < -0.4 is 10.1 Å². The fourth-order valence-electron chi connectivity index (χ4n) is 1.67. The first-order chi connectivity index (χ1) is 8.63. The van der Waals surface area contributed by atoms with E-state index in [0.29, 0.717) is 5.75 Å². The molecular formula is C12H16N2O3S. The highest BCUT2D eigenvalue weighted by molar-refractivity contribution is 7.18. The first-order valence-corrected chi connectivity index (χ1v) is 6.43. The van der Waals surface area contributed by atoms with Crippen LogP contribution in [-0.2, 0) is 0 Å². The Morgan fingerprint density at radius 1 is 1.50 bits per heavy atom. The normalized spacial score (nSPS) is 12.7. The van der Waals surface area contributed by atoms with E-state index in [1.54, 1.807) is 18.4 Å². The Morgan fingerprint density at radius 3 is 2.94 bits per heavy atom. The number of hydrogen-bond donors (Lipinski definition) is 3. The van der Waals surface area contributed by atoms with Gasteiger partial charge in [0.2, 0.25) is 0 Å². The summed E-state index contributed by atoms with van der Waals surface area (Å²) in [6.07, 6.45) is -0.784. The number of anilines is 1. The first-order valence-electron chi connectivity index (χ1n) is 5.62. The molecule has 0 aliphatic carbocycles. The molecule has 1 unspecified atom stereocenters. The van der Waals surface area contributed by atoms with Crippen LogP contribution in [0, 0.1) is 6.92 Å². The van der Waals surface area contributed by atoms with Crippen LogP contribution >= 0.6 is 11.3 Å². The summed E-state index contributed by atoms with van der Waals surface area (Å²) in [7, 11) is 1.59. The topological polar surface area (TPSA) is 74.6 Å². The maximum absolute atomic E-state index is 9.34. The highest BCUT2D eigenvalue weighted by Gasteiger charge is 2.10. The van der Waals surface area contributed by atoms with Gasteiger partial charge in [-0.3, -0.25) is 0 Å². The Hall–Kier alpha value is -1.37. The van der Waals surface area contributed by atoms with Gasteiger partial charge < -0.3 is 20.3 Å². The van der Waals surface area contributed by atoms with Crippen molar-refractivity contribution in [3.8, 4) is 5.75 Å². The summed E-state index contributed by atoms with van der Waals surface area (Å²) >= 11 is 1.61. The van der Waals surface area contributed by atoms with Gasteiger partial charge in [0.15, 0.2) is 0 Å². The minimum Gasteiger partial charge on any atom is -0.495 e. The highest BCUT2D eigenvalue weighted by Crippen LogP contribution is 2.32. The predicted molar refractivity (Wildman–Crippen MR) is 72.5 cm³/mol. The van der Waals surface area contributed by atoms with Gasteiger partial charge in [-0.05, 0) is 13.0 Å². The molecule has 1 atom stereocenters. The molecule has 6 heteroatoms. The Bertz CT molecular complexity index is 541. The van der Waals surface area contributed by atoms with E-state index in [9.17, 15) is 5.11 Å². The molecule has 0 radical (unpaired) electrons. The average Bonchev–Trinajstić information content (AvgIpc) is 2.73. The van der Waals surface area contributed by atoms with Crippen LogP contribution in [0.3, 0.4) is 0 Å². The smallest absolute Gasteiger partial charge is 0.144 e. The van der Waals surface area contributed by atoms with Crippen molar-refractivity contribution in [2.24, 2.45) is 0 Å². The quantitative estimate of drug-likeness (QED) is 0.764. The van der Waals surface area contributed by atoms with Crippen molar-refractivity contribution in [2.75, 3.05) is 25.6 Å². The van der Waals surface area contributed by atoms with Crippen LogP contribution in [0.1, 0.15) is 5.01 Å². The molecule has 2 rings (SSSR count). The van der Waals surface area contributed by atoms with Crippen molar-refractivity contribution in [1.29, 1.82) is 0 Å². The molecule has 0 amide bonds. The van der Waals surface area contributed by atoms with Crippen LogP contribution in [0.5, 0.6) is 5.75 Å². The summed E-state index contributed by atoms with van der Waals surface area (Å²) in [5, 5.41) is 22.2. The van der Waals surface area contributed by atoms with Gasteiger partial charge >= 0.3 is 0 Å². The van der Waals surface area contributed by atoms with Crippen LogP contribution in [0.15, 0.2) is 12.1 Å². The molecule has 2 aromatic rings. The number of aliphatic hydroxyl groups excluding tert-OH is 2. The van der Waals surface area contributed by atoms with Gasteiger partial charge in [-0.15, -0.1) is 11.3 Å². The van der Waals surface area contributed by atoms with Crippen LogP contribution in [0.2, 0.25) is 0 Å². The highest BCUT2D eigenvalue weighted by atomic mass is 32.1. The minimum absolute atomic E-state index is 0.267. The lowest BCUT2D eigenvalue weighted by Crippen LogP contribution is -2.23. The second kappa shape index (κ2) is 5.51. The van der Waals surface area contributed by atoms with Crippen molar-refractivity contribution < 1.29 is 14.9 Å². The number of aromatic nitrogens is 1. The maximum Gasteiger partial charge on any atom is 0.144 e. The number of thiazole rings is 1. The van der Waals surface area contributed by atoms with E-state index in [1.165, 1.54) is 0 Å². The molecule has 0 fully saturated rings. The summed E-state index contributed by atoms with van der Waals surface area (Å²) in [4.78, 5) is 4.40. The molecule has 0 aliphatic heterocycles. The third-order valence-corrected chi connectivity index (χ3v) is 3.49. The molecule has 0 saturated heterocycles. The van der Waals surface area contributed by atoms with E-state index in [-0.39, 0.29) is 13.2 Å². The second-order valence-electron chi connectivity index (χ2n) is 3.97. The third kappa shape index (κ3) is 2.72. The zero-order chi connectivity index (χ0) is 13.1. The Balaban J connectivity index is 2.29. The molecule has 1 heterocycles. The minimum atomic E-state index is -0.784. The predicted octanol–water partition coefficient (Wildman–Crippen LogP) is 1.38. The van der Waals surface area contributed by atoms with Crippen molar-refractivity contribution in [3.05, 3.63) is 17.1 Å². The number of nitrogens with one attached hydrogen (secondary N) is 1. The lowest BCUT2D eigenvalue weighted by molar-refractivity contribution is 0.105. The Labute approximate surface area is 109 Å². The van der Waals surface area contributed by atoms with E-state index in [1.807, 2.05) is 19.1 Å². The maximum atomic E-state index is 9.34. The van der Waals surface area contributed by atoms with Gasteiger partial charge in [0, 0.05) is 12.6 Å². The molecule has 0 saturated carbocycles. The summed E-state index contributed by atoms with van der Waals surface area (Å²) in [5.74, 6) is 0.679.